The van der Waals surface area contributed by atoms with Crippen LogP contribution in [-0.4, -0.2) is 29.1 Å². The van der Waals surface area contributed by atoms with Gasteiger partial charge in [0.05, 0.1) is 12.0 Å². The van der Waals surface area contributed by atoms with Gasteiger partial charge >= 0.3 is 5.97 Å². The van der Waals surface area contributed by atoms with E-state index in [0.717, 1.165) is 29.3 Å². The molecule has 0 aromatic heterocycles. The molecule has 3 aromatic rings. The number of aliphatic carboxylic acids is 1. The van der Waals surface area contributed by atoms with Crippen LogP contribution in [0.25, 0.3) is 10.8 Å². The van der Waals surface area contributed by atoms with Crippen LogP contribution >= 0.6 is 0 Å². The summed E-state index contributed by atoms with van der Waals surface area (Å²) in [4.78, 5) is 13.7. The minimum absolute atomic E-state index is 0.257. The highest BCUT2D eigenvalue weighted by atomic mass is 19.1. The Kier molecular flexibility index (Phi) is 4.90. The van der Waals surface area contributed by atoms with Crippen molar-refractivity contribution in [2.75, 3.05) is 13.1 Å². The average molecular weight is 363 g/mol. The molecule has 2 atom stereocenters. The zero-order chi connectivity index (χ0) is 18.8. The summed E-state index contributed by atoms with van der Waals surface area (Å²) in [6, 6.07) is 20.7. The maximum Gasteiger partial charge on any atom is 0.307 e. The van der Waals surface area contributed by atoms with Crippen molar-refractivity contribution in [2.24, 2.45) is 5.92 Å². The summed E-state index contributed by atoms with van der Waals surface area (Å²) < 4.78 is 14.8. The van der Waals surface area contributed by atoms with Gasteiger partial charge in [-0.2, -0.15) is 0 Å². The number of hydrogen-bond donors (Lipinski definition) is 1. The smallest absolute Gasteiger partial charge is 0.307 e. The first kappa shape index (κ1) is 17.7. The van der Waals surface area contributed by atoms with Crippen molar-refractivity contribution in [2.45, 2.75) is 18.9 Å². The summed E-state index contributed by atoms with van der Waals surface area (Å²) >= 11 is 0. The topological polar surface area (TPSA) is 40.5 Å². The van der Waals surface area contributed by atoms with Gasteiger partial charge in [-0.1, -0.05) is 60.7 Å². The molecule has 1 aliphatic heterocycles. The van der Waals surface area contributed by atoms with Crippen LogP contribution in [0.15, 0.2) is 66.7 Å². The van der Waals surface area contributed by atoms with Crippen LogP contribution in [0.4, 0.5) is 4.39 Å². The third-order valence-corrected chi connectivity index (χ3v) is 5.48. The highest BCUT2D eigenvalue weighted by molar-refractivity contribution is 5.86. The van der Waals surface area contributed by atoms with E-state index in [4.69, 9.17) is 0 Å². The van der Waals surface area contributed by atoms with Crippen molar-refractivity contribution in [1.29, 1.82) is 0 Å². The predicted octanol–water partition coefficient (Wildman–Crippen LogP) is 4.86. The van der Waals surface area contributed by atoms with Crippen molar-refractivity contribution in [3.8, 4) is 0 Å². The second kappa shape index (κ2) is 7.49. The second-order valence-electron chi connectivity index (χ2n) is 7.16. The molecule has 2 unspecified atom stereocenters. The Morgan fingerprint density at radius 1 is 1.00 bits per heavy atom. The van der Waals surface area contributed by atoms with Gasteiger partial charge in [-0.25, -0.2) is 4.39 Å². The Hall–Kier alpha value is -2.72. The van der Waals surface area contributed by atoms with E-state index < -0.39 is 11.9 Å². The van der Waals surface area contributed by atoms with Gasteiger partial charge in [-0.15, -0.1) is 0 Å². The lowest BCUT2D eigenvalue weighted by molar-refractivity contribution is -0.143. The van der Waals surface area contributed by atoms with Gasteiger partial charge in [-0.3, -0.25) is 9.69 Å². The van der Waals surface area contributed by atoms with Crippen molar-refractivity contribution >= 4 is 16.7 Å². The number of nitrogens with zero attached hydrogens (tertiary/aromatic N) is 1. The van der Waals surface area contributed by atoms with E-state index in [1.807, 2.05) is 48.5 Å². The molecule has 0 radical (unpaired) electrons. The normalized spacial score (nSPS) is 19.1. The largest absolute Gasteiger partial charge is 0.481 e. The van der Waals surface area contributed by atoms with Crippen LogP contribution in [0.5, 0.6) is 0 Å². The Morgan fingerprint density at radius 2 is 1.70 bits per heavy atom. The number of piperidine rings is 1. The predicted molar refractivity (Wildman–Crippen MR) is 104 cm³/mol. The molecule has 27 heavy (non-hydrogen) atoms. The van der Waals surface area contributed by atoms with Crippen LogP contribution < -0.4 is 0 Å². The molecule has 3 nitrogen and oxygen atoms in total. The zero-order valence-corrected chi connectivity index (χ0v) is 15.0. The van der Waals surface area contributed by atoms with Crippen molar-refractivity contribution < 1.29 is 14.3 Å². The Labute approximate surface area is 158 Å². The molecule has 4 heteroatoms. The lowest BCUT2D eigenvalue weighted by Crippen LogP contribution is -2.41. The van der Waals surface area contributed by atoms with Crippen LogP contribution in [0.1, 0.15) is 30.0 Å². The van der Waals surface area contributed by atoms with Gasteiger partial charge in [0.15, 0.2) is 0 Å². The van der Waals surface area contributed by atoms with Gasteiger partial charge in [-0.05, 0) is 41.8 Å². The van der Waals surface area contributed by atoms with Crippen molar-refractivity contribution in [1.82, 2.24) is 4.90 Å². The maximum atomic E-state index is 14.8. The van der Waals surface area contributed by atoms with E-state index in [9.17, 15) is 14.3 Å². The third-order valence-electron chi connectivity index (χ3n) is 5.48. The average Bonchev–Trinajstić information content (AvgIpc) is 2.70. The maximum absolute atomic E-state index is 14.8. The molecule has 0 aliphatic carbocycles. The van der Waals surface area contributed by atoms with E-state index >= 15 is 0 Å². The number of rotatable bonds is 4. The molecular formula is C23H22FNO2. The van der Waals surface area contributed by atoms with Gasteiger partial charge in [0.1, 0.15) is 5.82 Å². The van der Waals surface area contributed by atoms with Crippen LogP contribution in [0.3, 0.4) is 0 Å². The van der Waals surface area contributed by atoms with Crippen molar-refractivity contribution in [3.63, 3.8) is 0 Å². The molecule has 0 saturated carbocycles. The lowest BCUT2D eigenvalue weighted by Gasteiger charge is -2.38. The lowest BCUT2D eigenvalue weighted by atomic mass is 9.89. The first-order chi connectivity index (χ1) is 13.1. The fourth-order valence-electron chi connectivity index (χ4n) is 4.19. The molecule has 1 saturated heterocycles. The second-order valence-corrected chi connectivity index (χ2v) is 7.16. The molecule has 0 amide bonds. The summed E-state index contributed by atoms with van der Waals surface area (Å²) in [6.07, 6.45) is 1.47. The van der Waals surface area contributed by atoms with E-state index in [2.05, 4.69) is 11.0 Å². The molecule has 4 rings (SSSR count). The minimum Gasteiger partial charge on any atom is -0.481 e. The summed E-state index contributed by atoms with van der Waals surface area (Å²) in [5.74, 6) is -1.44. The number of hydrogen-bond acceptors (Lipinski definition) is 2. The molecule has 0 spiro atoms. The van der Waals surface area contributed by atoms with Gasteiger partial charge in [0, 0.05) is 12.1 Å². The molecule has 138 valence electrons. The third kappa shape index (κ3) is 3.45. The number of benzene rings is 3. The van der Waals surface area contributed by atoms with Crippen LogP contribution in [-0.2, 0) is 4.79 Å². The van der Waals surface area contributed by atoms with E-state index in [1.165, 1.54) is 6.07 Å². The molecule has 1 fully saturated rings. The summed E-state index contributed by atoms with van der Waals surface area (Å²) in [5.41, 5.74) is 1.61. The number of likely N-dealkylation sites (tertiary alicyclic amines) is 1. The molecule has 0 bridgehead atoms. The number of carboxylic acid groups (broad SMARTS) is 1. The number of halogens is 1. The first-order valence-corrected chi connectivity index (χ1v) is 9.34. The minimum atomic E-state index is -0.773. The van der Waals surface area contributed by atoms with Crippen LogP contribution in [0, 0.1) is 11.7 Å². The Balaban J connectivity index is 1.86. The molecule has 1 N–H and O–H groups in total. The van der Waals surface area contributed by atoms with E-state index in [0.29, 0.717) is 18.5 Å². The molecule has 1 heterocycles. The van der Waals surface area contributed by atoms with Gasteiger partial charge in [0.2, 0.25) is 0 Å². The fraction of sp³-hybridized carbons (Fsp3) is 0.261. The summed E-state index contributed by atoms with van der Waals surface area (Å²) in [6.45, 7) is 1.18. The van der Waals surface area contributed by atoms with Crippen LogP contribution in [0.2, 0.25) is 0 Å². The molecule has 3 aromatic carbocycles. The highest BCUT2D eigenvalue weighted by Gasteiger charge is 2.33. The summed E-state index contributed by atoms with van der Waals surface area (Å²) in [7, 11) is 0. The first-order valence-electron chi connectivity index (χ1n) is 9.34. The quantitative estimate of drug-likeness (QED) is 0.719. The Morgan fingerprint density at radius 3 is 2.52 bits per heavy atom. The summed E-state index contributed by atoms with van der Waals surface area (Å²) in [5, 5.41) is 11.7. The van der Waals surface area contributed by atoms with Gasteiger partial charge < -0.3 is 5.11 Å². The highest BCUT2D eigenvalue weighted by Crippen LogP contribution is 2.37. The van der Waals surface area contributed by atoms with E-state index in [-0.39, 0.29) is 11.9 Å². The fourth-order valence-corrected chi connectivity index (χ4v) is 4.19. The molecular weight excluding hydrogens is 341 g/mol. The number of carbonyl (C=O) groups is 1. The number of carboxylic acids is 1. The van der Waals surface area contributed by atoms with Gasteiger partial charge in [0.25, 0.3) is 0 Å². The monoisotopic (exact) mass is 363 g/mol. The van der Waals surface area contributed by atoms with Crippen molar-refractivity contribution in [3.05, 3.63) is 83.7 Å². The standard InChI is InChI=1S/C23H22FNO2/c24-21-13-4-3-11-20(21)22(25-14-6-9-17(15-25)23(26)27)19-12-5-8-16-7-1-2-10-18(16)19/h1-5,7-8,10-13,17,22H,6,9,14-15H2,(H,26,27). The SMILES string of the molecule is O=C(O)C1CCCN(C(c2ccccc2F)c2cccc3ccccc23)C1. The van der Waals surface area contributed by atoms with E-state index in [1.54, 1.807) is 6.07 Å². The number of fused-ring (bicyclic) bond motifs is 1. The zero-order valence-electron chi connectivity index (χ0n) is 15.0. The molecule has 1 aliphatic rings. The Bertz CT molecular complexity index is 966.